The molecule has 0 radical (unpaired) electrons. The summed E-state index contributed by atoms with van der Waals surface area (Å²) in [7, 11) is 1.99. The summed E-state index contributed by atoms with van der Waals surface area (Å²) < 4.78 is 0. The van der Waals surface area contributed by atoms with Crippen LogP contribution < -0.4 is 10.6 Å². The number of hydrogen-bond donors (Lipinski definition) is 2. The van der Waals surface area contributed by atoms with Gasteiger partial charge in [-0.15, -0.1) is 0 Å². The smallest absolute Gasteiger partial charge is 0.308 e. The van der Waals surface area contributed by atoms with E-state index in [1.807, 2.05) is 7.05 Å². The molecule has 6 heteroatoms. The Morgan fingerprint density at radius 3 is 2.60 bits per heavy atom. The molecule has 2 heterocycles. The summed E-state index contributed by atoms with van der Waals surface area (Å²) in [6.45, 7) is 0.947. The first-order valence-electron chi connectivity index (χ1n) is 8.46. The monoisotopic (exact) mass is 338 g/mol. The lowest BCUT2D eigenvalue weighted by Crippen LogP contribution is -2.42. The van der Waals surface area contributed by atoms with Gasteiger partial charge in [-0.05, 0) is 50.7 Å². The maximum absolute atomic E-state index is 12.8. The molecule has 0 aliphatic carbocycles. The van der Waals surface area contributed by atoms with Gasteiger partial charge in [0.2, 0.25) is 0 Å². The number of ketones is 1. The van der Waals surface area contributed by atoms with E-state index >= 15 is 0 Å². The number of benzene rings is 1. The van der Waals surface area contributed by atoms with Gasteiger partial charge in [0, 0.05) is 29.3 Å². The number of likely N-dealkylation sites (N-methyl/N-ethyl adjacent to an activating group) is 1. The van der Waals surface area contributed by atoms with E-state index in [-0.39, 0.29) is 17.9 Å². The lowest BCUT2D eigenvalue weighted by molar-refractivity contribution is 0.0798. The quantitative estimate of drug-likeness (QED) is 0.838. The lowest BCUT2D eigenvalue weighted by Gasteiger charge is -2.31. The fourth-order valence-corrected chi connectivity index (χ4v) is 3.08. The number of carbonyl (C=O) groups is 2. The van der Waals surface area contributed by atoms with Crippen LogP contribution in [0.3, 0.4) is 0 Å². The largest absolute Gasteiger partial charge is 0.323 e. The highest BCUT2D eigenvalue weighted by molar-refractivity contribution is 6.03. The summed E-state index contributed by atoms with van der Waals surface area (Å²) in [5, 5.41) is 5.49. The van der Waals surface area contributed by atoms with Crippen molar-refractivity contribution < 1.29 is 9.59 Å². The van der Waals surface area contributed by atoms with Gasteiger partial charge in [0.1, 0.15) is 0 Å². The molecule has 1 fully saturated rings. The summed E-state index contributed by atoms with van der Waals surface area (Å²) >= 11 is 0. The molecule has 2 N–H and O–H groups in total. The molecule has 1 saturated heterocycles. The minimum atomic E-state index is -0.356. The van der Waals surface area contributed by atoms with Crippen molar-refractivity contribution in [2.24, 2.45) is 0 Å². The number of nitrogens with one attached hydrogen (secondary N) is 2. The molecule has 1 aliphatic heterocycles. The Hall–Kier alpha value is -2.73. The van der Waals surface area contributed by atoms with Gasteiger partial charge in [0.15, 0.2) is 5.78 Å². The summed E-state index contributed by atoms with van der Waals surface area (Å²) in [4.78, 5) is 30.9. The highest BCUT2D eigenvalue weighted by Gasteiger charge is 2.26. The Morgan fingerprint density at radius 2 is 1.84 bits per heavy atom. The zero-order valence-corrected chi connectivity index (χ0v) is 14.2. The van der Waals surface area contributed by atoms with E-state index in [1.54, 1.807) is 48.8 Å². The first-order valence-corrected chi connectivity index (χ1v) is 8.46. The van der Waals surface area contributed by atoms with Gasteiger partial charge in [-0.3, -0.25) is 14.7 Å². The molecule has 3 rings (SSSR count). The number of likely N-dealkylation sites (tertiary alicyclic amines) is 1. The third kappa shape index (κ3) is 4.42. The van der Waals surface area contributed by atoms with Crippen LogP contribution in [-0.4, -0.2) is 41.3 Å². The predicted octanol–water partition coefficient (Wildman–Crippen LogP) is 3.39. The number of hydrogen-bond acceptors (Lipinski definition) is 4. The van der Waals surface area contributed by atoms with Crippen LogP contribution >= 0.6 is 0 Å². The van der Waals surface area contributed by atoms with Crippen LogP contribution in [0, 0.1) is 0 Å². The van der Waals surface area contributed by atoms with Gasteiger partial charge in [-0.1, -0.05) is 18.6 Å². The predicted molar refractivity (Wildman–Crippen MR) is 97.9 cm³/mol. The second-order valence-electron chi connectivity index (χ2n) is 6.25. The van der Waals surface area contributed by atoms with Crippen LogP contribution in [0.4, 0.5) is 16.2 Å². The number of rotatable bonds is 4. The van der Waals surface area contributed by atoms with Crippen LogP contribution in [-0.2, 0) is 0 Å². The molecule has 1 aromatic carbocycles. The Labute approximate surface area is 147 Å². The van der Waals surface area contributed by atoms with Gasteiger partial charge in [0.05, 0.1) is 6.04 Å². The van der Waals surface area contributed by atoms with Crippen LogP contribution in [0.1, 0.15) is 29.6 Å². The molecule has 25 heavy (non-hydrogen) atoms. The molecule has 1 unspecified atom stereocenters. The third-order valence-electron chi connectivity index (χ3n) is 4.42. The Kier molecular flexibility index (Phi) is 5.40. The molecule has 6 nitrogen and oxygen atoms in total. The highest BCUT2D eigenvalue weighted by atomic mass is 16.2. The van der Waals surface area contributed by atoms with Crippen molar-refractivity contribution >= 4 is 23.2 Å². The fourth-order valence-electron chi connectivity index (χ4n) is 3.08. The molecule has 0 spiro atoms. The van der Waals surface area contributed by atoms with Crippen LogP contribution in [0.15, 0.2) is 48.8 Å². The summed E-state index contributed by atoms with van der Waals surface area (Å²) in [6.07, 6.45) is 6.31. The fraction of sp³-hybridized carbons (Fsp3) is 0.316. The number of piperidine rings is 1. The van der Waals surface area contributed by atoms with E-state index in [9.17, 15) is 9.59 Å². The number of Topliss-reactive ketones (excluding diaryl/α,β-unsaturated/α-hetero) is 1. The number of amides is 2. The highest BCUT2D eigenvalue weighted by Crippen LogP contribution is 2.21. The first-order chi connectivity index (χ1) is 12.1. The molecule has 130 valence electrons. The second-order valence-corrected chi connectivity index (χ2v) is 6.25. The minimum Gasteiger partial charge on any atom is -0.308 e. The SMILES string of the molecule is CN1CCCCC1C(=O)c1cccc(NC(=O)Nc2ccncc2)c1. The average molecular weight is 338 g/mol. The van der Waals surface area contributed by atoms with E-state index in [0.29, 0.717) is 16.9 Å². The normalized spacial score (nSPS) is 17.7. The van der Waals surface area contributed by atoms with Crippen molar-refractivity contribution in [3.05, 3.63) is 54.4 Å². The van der Waals surface area contributed by atoms with E-state index < -0.39 is 0 Å². The maximum Gasteiger partial charge on any atom is 0.323 e. The second kappa shape index (κ2) is 7.90. The van der Waals surface area contributed by atoms with Gasteiger partial charge in [-0.25, -0.2) is 4.79 Å². The lowest BCUT2D eigenvalue weighted by atomic mass is 9.95. The molecular formula is C19H22N4O2. The molecular weight excluding hydrogens is 316 g/mol. The number of anilines is 2. The molecule has 1 aliphatic rings. The van der Waals surface area contributed by atoms with Crippen molar-refractivity contribution in [1.82, 2.24) is 9.88 Å². The molecule has 2 aromatic rings. The zero-order chi connectivity index (χ0) is 17.6. The van der Waals surface area contributed by atoms with Gasteiger partial charge < -0.3 is 10.6 Å². The van der Waals surface area contributed by atoms with E-state index in [0.717, 1.165) is 25.8 Å². The molecule has 0 saturated carbocycles. The zero-order valence-electron chi connectivity index (χ0n) is 14.2. The standard InChI is InChI=1S/C19H22N4O2/c1-23-12-3-2-7-17(23)18(24)14-5-4-6-16(13-14)22-19(25)21-15-8-10-20-11-9-15/h4-6,8-11,13,17H,2-3,7,12H2,1H3,(H2,20,21,22,25). The minimum absolute atomic E-state index is 0.0744. The number of nitrogens with zero attached hydrogens (tertiary/aromatic N) is 2. The Balaban J connectivity index is 1.66. The maximum atomic E-state index is 12.8. The molecule has 1 aromatic heterocycles. The average Bonchev–Trinajstić information content (AvgIpc) is 2.62. The van der Waals surface area contributed by atoms with E-state index in [4.69, 9.17) is 0 Å². The van der Waals surface area contributed by atoms with Crippen molar-refractivity contribution in [3.8, 4) is 0 Å². The summed E-state index contributed by atoms with van der Waals surface area (Å²) in [5.41, 5.74) is 1.87. The number of aromatic nitrogens is 1. The Bertz CT molecular complexity index is 748. The van der Waals surface area contributed by atoms with Crippen molar-refractivity contribution in [1.29, 1.82) is 0 Å². The van der Waals surface area contributed by atoms with Crippen molar-refractivity contribution in [3.63, 3.8) is 0 Å². The number of carbonyl (C=O) groups excluding carboxylic acids is 2. The molecule has 0 bridgehead atoms. The van der Waals surface area contributed by atoms with Crippen molar-refractivity contribution in [2.75, 3.05) is 24.2 Å². The van der Waals surface area contributed by atoms with Gasteiger partial charge in [0.25, 0.3) is 0 Å². The summed E-state index contributed by atoms with van der Waals surface area (Å²) in [5.74, 6) is 0.111. The number of urea groups is 1. The van der Waals surface area contributed by atoms with Crippen LogP contribution in [0.5, 0.6) is 0 Å². The van der Waals surface area contributed by atoms with Crippen LogP contribution in [0.2, 0.25) is 0 Å². The first kappa shape index (κ1) is 17.1. The van der Waals surface area contributed by atoms with Gasteiger partial charge in [-0.2, -0.15) is 0 Å². The van der Waals surface area contributed by atoms with E-state index in [2.05, 4.69) is 20.5 Å². The van der Waals surface area contributed by atoms with Crippen molar-refractivity contribution in [2.45, 2.75) is 25.3 Å². The third-order valence-corrected chi connectivity index (χ3v) is 4.42. The van der Waals surface area contributed by atoms with Crippen LogP contribution in [0.25, 0.3) is 0 Å². The number of pyridine rings is 1. The summed E-state index contributed by atoms with van der Waals surface area (Å²) in [6, 6.07) is 10.1. The topological polar surface area (TPSA) is 74.3 Å². The van der Waals surface area contributed by atoms with Gasteiger partial charge >= 0.3 is 6.03 Å². The molecule has 2 amide bonds. The van der Waals surface area contributed by atoms with E-state index in [1.165, 1.54) is 0 Å². The Morgan fingerprint density at radius 1 is 1.08 bits per heavy atom. The molecule has 1 atom stereocenters.